The molecule has 1 saturated carbocycles. The van der Waals surface area contributed by atoms with Crippen LogP contribution in [0.15, 0.2) is 16.5 Å². The van der Waals surface area contributed by atoms with Crippen LogP contribution in [0.2, 0.25) is 0 Å². The van der Waals surface area contributed by atoms with E-state index in [0.717, 1.165) is 24.1 Å². The average Bonchev–Trinajstić information content (AvgIpc) is 3.11. The lowest BCUT2D eigenvalue weighted by Gasteiger charge is -2.27. The minimum atomic E-state index is 0.428. The molecule has 2 heterocycles. The van der Waals surface area contributed by atoms with E-state index in [0.29, 0.717) is 6.04 Å². The van der Waals surface area contributed by atoms with Gasteiger partial charge in [0.15, 0.2) is 0 Å². The van der Waals surface area contributed by atoms with Crippen LogP contribution in [0, 0.1) is 6.92 Å². The Hall–Kier alpha value is -0.800. The Morgan fingerprint density at radius 3 is 2.58 bits per heavy atom. The Labute approximate surface area is 116 Å². The predicted octanol–water partition coefficient (Wildman–Crippen LogP) is 3.26. The SMILES string of the molecule is Cc1ccc(C(CNC2CCCC2)N2CCCC2)o1. The molecule has 1 aromatic heterocycles. The van der Waals surface area contributed by atoms with Gasteiger partial charge in [0, 0.05) is 12.6 Å². The lowest BCUT2D eigenvalue weighted by Crippen LogP contribution is -2.37. The van der Waals surface area contributed by atoms with Crippen molar-refractivity contribution in [2.75, 3.05) is 19.6 Å². The van der Waals surface area contributed by atoms with Gasteiger partial charge in [0.1, 0.15) is 11.5 Å². The first kappa shape index (κ1) is 13.2. The molecule has 1 saturated heterocycles. The van der Waals surface area contributed by atoms with E-state index >= 15 is 0 Å². The Balaban J connectivity index is 1.64. The first-order valence-electron chi connectivity index (χ1n) is 7.87. The second-order valence-corrected chi connectivity index (χ2v) is 6.10. The van der Waals surface area contributed by atoms with Crippen LogP contribution in [0.1, 0.15) is 56.1 Å². The van der Waals surface area contributed by atoms with Crippen LogP contribution in [0.4, 0.5) is 0 Å². The van der Waals surface area contributed by atoms with Gasteiger partial charge in [0.25, 0.3) is 0 Å². The molecule has 1 aliphatic carbocycles. The normalized spacial score (nSPS) is 23.2. The molecule has 3 nitrogen and oxygen atoms in total. The van der Waals surface area contributed by atoms with Crippen molar-refractivity contribution in [3.8, 4) is 0 Å². The molecule has 0 aromatic carbocycles. The van der Waals surface area contributed by atoms with Gasteiger partial charge < -0.3 is 9.73 Å². The second-order valence-electron chi connectivity index (χ2n) is 6.10. The van der Waals surface area contributed by atoms with Crippen molar-refractivity contribution < 1.29 is 4.42 Å². The van der Waals surface area contributed by atoms with E-state index in [4.69, 9.17) is 4.42 Å². The Morgan fingerprint density at radius 1 is 1.21 bits per heavy atom. The van der Waals surface area contributed by atoms with Crippen molar-refractivity contribution in [2.45, 2.75) is 57.5 Å². The quantitative estimate of drug-likeness (QED) is 0.883. The highest BCUT2D eigenvalue weighted by Gasteiger charge is 2.27. The predicted molar refractivity (Wildman–Crippen MR) is 77.3 cm³/mol. The maximum absolute atomic E-state index is 5.89. The molecule has 1 unspecified atom stereocenters. The van der Waals surface area contributed by atoms with Gasteiger partial charge in [-0.15, -0.1) is 0 Å². The topological polar surface area (TPSA) is 28.4 Å². The third kappa shape index (κ3) is 3.21. The zero-order chi connectivity index (χ0) is 13.1. The van der Waals surface area contributed by atoms with Crippen molar-refractivity contribution in [2.24, 2.45) is 0 Å². The van der Waals surface area contributed by atoms with Gasteiger partial charge in [0.05, 0.1) is 6.04 Å². The fourth-order valence-electron chi connectivity index (χ4n) is 3.50. The molecule has 1 N–H and O–H groups in total. The van der Waals surface area contributed by atoms with Gasteiger partial charge >= 0.3 is 0 Å². The number of hydrogen-bond acceptors (Lipinski definition) is 3. The maximum atomic E-state index is 5.89. The highest BCUT2D eigenvalue weighted by atomic mass is 16.3. The van der Waals surface area contributed by atoms with E-state index in [1.165, 1.54) is 51.6 Å². The molecule has 1 atom stereocenters. The standard InChI is InChI=1S/C16H26N2O/c1-13-8-9-16(19-13)15(18-10-4-5-11-18)12-17-14-6-2-3-7-14/h8-9,14-15,17H,2-7,10-12H2,1H3. The molecule has 3 heteroatoms. The van der Waals surface area contributed by atoms with Crippen molar-refractivity contribution in [3.63, 3.8) is 0 Å². The summed E-state index contributed by atoms with van der Waals surface area (Å²) in [6.07, 6.45) is 8.16. The van der Waals surface area contributed by atoms with E-state index in [9.17, 15) is 0 Å². The molecule has 2 aliphatic rings. The summed E-state index contributed by atoms with van der Waals surface area (Å²) in [6, 6.07) is 5.42. The molecule has 0 radical (unpaired) electrons. The fourth-order valence-corrected chi connectivity index (χ4v) is 3.50. The molecule has 0 spiro atoms. The summed E-state index contributed by atoms with van der Waals surface area (Å²) in [5, 5.41) is 3.76. The summed E-state index contributed by atoms with van der Waals surface area (Å²) in [4.78, 5) is 2.58. The van der Waals surface area contributed by atoms with E-state index in [1.807, 2.05) is 6.92 Å². The molecule has 1 aliphatic heterocycles. The summed E-state index contributed by atoms with van der Waals surface area (Å²) >= 11 is 0. The minimum absolute atomic E-state index is 0.428. The van der Waals surface area contributed by atoms with Gasteiger partial charge in [-0.3, -0.25) is 4.90 Å². The first-order valence-corrected chi connectivity index (χ1v) is 7.87. The largest absolute Gasteiger partial charge is 0.465 e. The van der Waals surface area contributed by atoms with Gasteiger partial charge in [-0.2, -0.15) is 0 Å². The average molecular weight is 262 g/mol. The van der Waals surface area contributed by atoms with Gasteiger partial charge in [0.2, 0.25) is 0 Å². The number of rotatable bonds is 5. The van der Waals surface area contributed by atoms with Crippen LogP contribution >= 0.6 is 0 Å². The molecule has 2 fully saturated rings. The van der Waals surface area contributed by atoms with Crippen molar-refractivity contribution in [1.29, 1.82) is 0 Å². The van der Waals surface area contributed by atoms with Crippen molar-refractivity contribution >= 4 is 0 Å². The first-order chi connectivity index (χ1) is 9.33. The third-order valence-electron chi connectivity index (χ3n) is 4.63. The molecular weight excluding hydrogens is 236 g/mol. The minimum Gasteiger partial charge on any atom is -0.465 e. The smallest absolute Gasteiger partial charge is 0.122 e. The second kappa shape index (κ2) is 6.10. The summed E-state index contributed by atoms with van der Waals surface area (Å²) in [7, 11) is 0. The molecule has 0 amide bonds. The number of hydrogen-bond donors (Lipinski definition) is 1. The monoisotopic (exact) mass is 262 g/mol. The van der Waals surface area contributed by atoms with Gasteiger partial charge in [-0.05, 0) is 57.8 Å². The number of likely N-dealkylation sites (tertiary alicyclic amines) is 1. The maximum Gasteiger partial charge on any atom is 0.122 e. The molecule has 3 rings (SSSR count). The number of furan rings is 1. The van der Waals surface area contributed by atoms with E-state index in [-0.39, 0.29) is 0 Å². The van der Waals surface area contributed by atoms with E-state index < -0.39 is 0 Å². The summed E-state index contributed by atoms with van der Waals surface area (Å²) in [5.74, 6) is 2.17. The van der Waals surface area contributed by atoms with Crippen LogP contribution in [0.5, 0.6) is 0 Å². The van der Waals surface area contributed by atoms with Crippen molar-refractivity contribution in [1.82, 2.24) is 10.2 Å². The third-order valence-corrected chi connectivity index (χ3v) is 4.63. The van der Waals surface area contributed by atoms with Gasteiger partial charge in [-0.25, -0.2) is 0 Å². The number of aryl methyl sites for hydroxylation is 1. The molecule has 0 bridgehead atoms. The van der Waals surface area contributed by atoms with Gasteiger partial charge in [-0.1, -0.05) is 12.8 Å². The van der Waals surface area contributed by atoms with E-state index in [2.05, 4.69) is 22.3 Å². The Bertz CT molecular complexity index is 389. The lowest BCUT2D eigenvalue weighted by atomic mass is 10.1. The lowest BCUT2D eigenvalue weighted by molar-refractivity contribution is 0.203. The summed E-state index contributed by atoms with van der Waals surface area (Å²) in [5.41, 5.74) is 0. The zero-order valence-corrected chi connectivity index (χ0v) is 12.0. The van der Waals surface area contributed by atoms with Crippen LogP contribution in [0.3, 0.4) is 0 Å². The van der Waals surface area contributed by atoms with Crippen molar-refractivity contribution in [3.05, 3.63) is 23.7 Å². The van der Waals surface area contributed by atoms with Crippen LogP contribution < -0.4 is 5.32 Å². The van der Waals surface area contributed by atoms with Crippen LogP contribution in [-0.4, -0.2) is 30.6 Å². The zero-order valence-electron chi connectivity index (χ0n) is 12.0. The molecule has 106 valence electrons. The Kier molecular flexibility index (Phi) is 4.24. The molecular formula is C16H26N2O. The molecule has 19 heavy (non-hydrogen) atoms. The summed E-state index contributed by atoms with van der Waals surface area (Å²) in [6.45, 7) is 5.51. The highest BCUT2D eigenvalue weighted by molar-refractivity contribution is 5.11. The van der Waals surface area contributed by atoms with E-state index in [1.54, 1.807) is 0 Å². The highest BCUT2D eigenvalue weighted by Crippen LogP contribution is 2.27. The van der Waals surface area contributed by atoms with Crippen LogP contribution in [-0.2, 0) is 0 Å². The number of nitrogens with zero attached hydrogens (tertiary/aromatic N) is 1. The Morgan fingerprint density at radius 2 is 1.95 bits per heavy atom. The molecule has 1 aromatic rings. The summed E-state index contributed by atoms with van der Waals surface area (Å²) < 4.78 is 5.89. The number of nitrogens with one attached hydrogen (secondary N) is 1. The fraction of sp³-hybridized carbons (Fsp3) is 0.750. The van der Waals surface area contributed by atoms with Crippen LogP contribution in [0.25, 0.3) is 0 Å².